The van der Waals surface area contributed by atoms with E-state index in [1.807, 2.05) is 18.2 Å². The first-order valence-corrected chi connectivity index (χ1v) is 8.91. The number of benzene rings is 1. The molecule has 0 bridgehead atoms. The summed E-state index contributed by atoms with van der Waals surface area (Å²) < 4.78 is 2.32. The van der Waals surface area contributed by atoms with E-state index in [0.717, 1.165) is 36.0 Å². The molecule has 26 heavy (non-hydrogen) atoms. The zero-order chi connectivity index (χ0) is 17.9. The summed E-state index contributed by atoms with van der Waals surface area (Å²) >= 11 is 0. The van der Waals surface area contributed by atoms with Crippen LogP contribution in [0.1, 0.15) is 24.9 Å². The third kappa shape index (κ3) is 2.06. The van der Waals surface area contributed by atoms with Crippen LogP contribution in [0.5, 0.6) is 0 Å². The number of carbonyl (C=O) groups excluding carboxylic acids is 1. The summed E-state index contributed by atoms with van der Waals surface area (Å²) in [7, 11) is 0. The molecule has 6 nitrogen and oxygen atoms in total. The first kappa shape index (κ1) is 15.5. The smallest absolute Gasteiger partial charge is 0.262 e. The van der Waals surface area contributed by atoms with Gasteiger partial charge in [0, 0.05) is 47.0 Å². The van der Waals surface area contributed by atoms with Gasteiger partial charge in [0.05, 0.1) is 0 Å². The molecule has 1 unspecified atom stereocenters. The molecule has 1 saturated heterocycles. The molecule has 2 atom stereocenters. The van der Waals surface area contributed by atoms with Crippen molar-refractivity contribution in [3.8, 4) is 11.1 Å². The highest BCUT2D eigenvalue weighted by Crippen LogP contribution is 2.43. The lowest BCUT2D eigenvalue weighted by molar-refractivity contribution is -0.131. The molecular weight excluding hydrogens is 328 g/mol. The number of hydrogen-bond donors (Lipinski definition) is 3. The van der Waals surface area contributed by atoms with Crippen molar-refractivity contribution < 1.29 is 9.90 Å². The lowest BCUT2D eigenvalue weighted by atomic mass is 9.91. The van der Waals surface area contributed by atoms with E-state index in [2.05, 4.69) is 38.5 Å². The van der Waals surface area contributed by atoms with Crippen molar-refractivity contribution in [3.05, 3.63) is 48.3 Å². The van der Waals surface area contributed by atoms with Crippen molar-refractivity contribution in [1.82, 2.24) is 14.9 Å². The van der Waals surface area contributed by atoms with Gasteiger partial charge in [-0.1, -0.05) is 18.2 Å². The van der Waals surface area contributed by atoms with Crippen molar-refractivity contribution in [2.24, 2.45) is 0 Å². The molecule has 3 aromatic rings. The molecule has 5 rings (SSSR count). The monoisotopic (exact) mass is 348 g/mol. The van der Waals surface area contributed by atoms with Crippen molar-refractivity contribution in [1.29, 1.82) is 0 Å². The van der Waals surface area contributed by atoms with Crippen LogP contribution in [0.3, 0.4) is 0 Å². The molecule has 1 fully saturated rings. The zero-order valence-electron chi connectivity index (χ0n) is 14.5. The Hall–Kier alpha value is -2.70. The van der Waals surface area contributed by atoms with Crippen LogP contribution in [-0.2, 0) is 10.4 Å². The van der Waals surface area contributed by atoms with Gasteiger partial charge in [-0.05, 0) is 37.6 Å². The molecule has 2 aliphatic heterocycles. The maximum atomic E-state index is 12.2. The van der Waals surface area contributed by atoms with Crippen molar-refractivity contribution in [2.45, 2.75) is 25.0 Å². The predicted molar refractivity (Wildman–Crippen MR) is 99.9 cm³/mol. The minimum atomic E-state index is -1.59. The minimum Gasteiger partial charge on any atom is -0.375 e. The number of para-hydroxylation sites is 1. The molecular formula is C20H20N4O2. The third-order valence-corrected chi connectivity index (χ3v) is 5.57. The van der Waals surface area contributed by atoms with Crippen LogP contribution < -0.4 is 10.6 Å². The zero-order valence-corrected chi connectivity index (χ0v) is 14.5. The van der Waals surface area contributed by atoms with E-state index < -0.39 is 11.5 Å². The Balaban J connectivity index is 1.78. The molecule has 3 N–H and O–H groups in total. The fourth-order valence-electron chi connectivity index (χ4n) is 4.21. The topological polar surface area (TPSA) is 79.2 Å². The highest BCUT2D eigenvalue weighted by molar-refractivity contribution is 6.08. The van der Waals surface area contributed by atoms with Gasteiger partial charge < -0.3 is 20.3 Å². The van der Waals surface area contributed by atoms with Gasteiger partial charge in [-0.2, -0.15) is 0 Å². The summed E-state index contributed by atoms with van der Waals surface area (Å²) in [6.45, 7) is 3.49. The van der Waals surface area contributed by atoms with Gasteiger partial charge >= 0.3 is 0 Å². The number of aliphatic hydroxyl groups is 1. The number of rotatable bonds is 2. The van der Waals surface area contributed by atoms with E-state index in [9.17, 15) is 9.90 Å². The van der Waals surface area contributed by atoms with Crippen LogP contribution in [-0.4, -0.2) is 33.7 Å². The molecule has 0 radical (unpaired) electrons. The number of pyridine rings is 1. The largest absolute Gasteiger partial charge is 0.375 e. The van der Waals surface area contributed by atoms with Crippen LogP contribution in [0.4, 0.5) is 5.82 Å². The number of hydrogen-bond acceptors (Lipinski definition) is 4. The first-order chi connectivity index (χ1) is 12.6. The third-order valence-electron chi connectivity index (χ3n) is 5.57. The van der Waals surface area contributed by atoms with E-state index in [0.29, 0.717) is 17.4 Å². The van der Waals surface area contributed by atoms with Crippen LogP contribution in [0.25, 0.3) is 22.0 Å². The summed E-state index contributed by atoms with van der Waals surface area (Å²) in [5.74, 6) is 0.00745. The van der Waals surface area contributed by atoms with Gasteiger partial charge in [0.15, 0.2) is 5.60 Å². The Morgan fingerprint density at radius 2 is 2.12 bits per heavy atom. The maximum Gasteiger partial charge on any atom is 0.262 e. The first-order valence-electron chi connectivity index (χ1n) is 8.91. The minimum absolute atomic E-state index is 0.406. The SMILES string of the molecule is CC1(O)C(=O)Nc2nccc(-c3cn([C@@H]4CCNC4)c4ccccc34)c21. The average molecular weight is 348 g/mol. The Labute approximate surface area is 150 Å². The molecule has 0 saturated carbocycles. The fourth-order valence-corrected chi connectivity index (χ4v) is 4.21. The maximum absolute atomic E-state index is 12.2. The van der Waals surface area contributed by atoms with Crippen molar-refractivity contribution in [2.75, 3.05) is 18.4 Å². The van der Waals surface area contributed by atoms with E-state index in [1.54, 1.807) is 6.20 Å². The highest BCUT2D eigenvalue weighted by atomic mass is 16.3. The van der Waals surface area contributed by atoms with Crippen LogP contribution >= 0.6 is 0 Å². The van der Waals surface area contributed by atoms with E-state index in [1.165, 1.54) is 12.4 Å². The lowest BCUT2D eigenvalue weighted by Crippen LogP contribution is -2.30. The van der Waals surface area contributed by atoms with Crippen LogP contribution in [0.2, 0.25) is 0 Å². The van der Waals surface area contributed by atoms with Gasteiger partial charge in [0.25, 0.3) is 5.91 Å². The summed E-state index contributed by atoms with van der Waals surface area (Å²) in [6, 6.07) is 10.6. The number of fused-ring (bicyclic) bond motifs is 2. The molecule has 2 aromatic heterocycles. The number of nitrogens with one attached hydrogen (secondary N) is 2. The van der Waals surface area contributed by atoms with Crippen LogP contribution in [0.15, 0.2) is 42.7 Å². The molecule has 1 aromatic carbocycles. The Morgan fingerprint density at radius 1 is 1.27 bits per heavy atom. The van der Waals surface area contributed by atoms with Gasteiger partial charge in [-0.15, -0.1) is 0 Å². The number of aromatic nitrogens is 2. The van der Waals surface area contributed by atoms with Gasteiger partial charge in [-0.25, -0.2) is 4.98 Å². The molecule has 4 heterocycles. The second-order valence-electron chi connectivity index (χ2n) is 7.22. The normalized spacial score (nSPS) is 24.8. The van der Waals surface area contributed by atoms with E-state index >= 15 is 0 Å². The van der Waals surface area contributed by atoms with E-state index in [4.69, 9.17) is 0 Å². The van der Waals surface area contributed by atoms with Gasteiger partial charge in [-0.3, -0.25) is 4.79 Å². The van der Waals surface area contributed by atoms with E-state index in [-0.39, 0.29) is 0 Å². The number of amides is 1. The number of carbonyl (C=O) groups is 1. The summed E-state index contributed by atoms with van der Waals surface area (Å²) in [5, 5.41) is 18.0. The standard InChI is InChI=1S/C20H20N4O2/c1-20(26)17-14(7-9-22-18(17)23-19(20)25)15-11-24(12-6-8-21-10-12)16-5-3-2-4-13(15)16/h2-5,7,9,11-12,21,26H,6,8,10H2,1H3,(H,22,23,25)/t12-,20?/m1/s1. The average Bonchev–Trinajstić information content (AvgIpc) is 3.33. The van der Waals surface area contributed by atoms with Crippen molar-refractivity contribution >= 4 is 22.6 Å². The molecule has 0 aliphatic carbocycles. The lowest BCUT2D eigenvalue weighted by Gasteiger charge is -2.17. The molecule has 1 amide bonds. The Morgan fingerprint density at radius 3 is 2.92 bits per heavy atom. The Bertz CT molecular complexity index is 1030. The summed E-state index contributed by atoms with van der Waals surface area (Å²) in [4.78, 5) is 16.4. The van der Waals surface area contributed by atoms with Crippen LogP contribution in [0, 0.1) is 0 Å². The molecule has 132 valence electrons. The fraction of sp³-hybridized carbons (Fsp3) is 0.300. The second kappa shape index (κ2) is 5.40. The summed E-state index contributed by atoms with van der Waals surface area (Å²) in [5.41, 5.74) is 2.00. The Kier molecular flexibility index (Phi) is 3.23. The van der Waals surface area contributed by atoms with Gasteiger partial charge in [0.1, 0.15) is 5.82 Å². The quantitative estimate of drug-likeness (QED) is 0.664. The highest BCUT2D eigenvalue weighted by Gasteiger charge is 2.44. The summed E-state index contributed by atoms with van der Waals surface area (Å²) in [6.07, 6.45) is 4.92. The molecule has 6 heteroatoms. The number of anilines is 1. The second-order valence-corrected chi connectivity index (χ2v) is 7.22. The molecule has 2 aliphatic rings. The predicted octanol–water partition coefficient (Wildman–Crippen LogP) is 2.40. The van der Waals surface area contributed by atoms with Crippen molar-refractivity contribution in [3.63, 3.8) is 0 Å². The number of nitrogens with zero attached hydrogens (tertiary/aromatic N) is 2. The van der Waals surface area contributed by atoms with Gasteiger partial charge in [0.2, 0.25) is 0 Å². The molecule has 0 spiro atoms.